The minimum Gasteiger partial charge on any atom is -0.298 e. The fourth-order valence-electron chi connectivity index (χ4n) is 1.16. The molecule has 0 bridgehead atoms. The molecule has 0 aliphatic heterocycles. The van der Waals surface area contributed by atoms with E-state index in [1.165, 1.54) is 0 Å². The molecular formula is C9H18ClNO3S. The topological polar surface area (TPSA) is 57.6 Å². The van der Waals surface area contributed by atoms with Gasteiger partial charge in [-0.25, -0.2) is 0 Å². The Balaban J connectivity index is 0. The third kappa shape index (κ3) is 8.62. The maximum absolute atomic E-state index is 10.7. The van der Waals surface area contributed by atoms with E-state index in [2.05, 4.69) is 13.2 Å². The highest BCUT2D eigenvalue weighted by atomic mass is 35.5. The van der Waals surface area contributed by atoms with Crippen LogP contribution in [0.3, 0.4) is 0 Å². The first-order valence-corrected chi connectivity index (χ1v) is 5.88. The van der Waals surface area contributed by atoms with Gasteiger partial charge in [0, 0.05) is 12.6 Å². The largest absolute Gasteiger partial charge is 0.298 e. The highest BCUT2D eigenvalue weighted by Crippen LogP contribution is 2.05. The van der Waals surface area contributed by atoms with Crippen LogP contribution in [-0.2, 0) is 10.1 Å². The van der Waals surface area contributed by atoms with Crippen molar-refractivity contribution in [2.75, 3.05) is 19.3 Å². The molecule has 6 heteroatoms. The molecule has 0 aliphatic rings. The maximum atomic E-state index is 10.7. The second-order valence-electron chi connectivity index (χ2n) is 3.16. The predicted molar refractivity (Wildman–Crippen MR) is 65.1 cm³/mol. The van der Waals surface area contributed by atoms with Gasteiger partial charge in [0.15, 0.2) is 0 Å². The zero-order valence-corrected chi connectivity index (χ0v) is 10.4. The van der Waals surface area contributed by atoms with Gasteiger partial charge in [-0.2, -0.15) is 8.42 Å². The van der Waals surface area contributed by atoms with Crippen molar-refractivity contribution in [1.29, 1.82) is 0 Å². The summed E-state index contributed by atoms with van der Waals surface area (Å²) in [5.74, 6) is -0.274. The number of hydrogen-bond acceptors (Lipinski definition) is 3. The Hall–Kier alpha value is -0.360. The summed E-state index contributed by atoms with van der Waals surface area (Å²) in [6, 6.07) is -0.250. The zero-order valence-electron chi connectivity index (χ0n) is 8.80. The summed E-state index contributed by atoms with van der Waals surface area (Å²) in [4.78, 5) is 1.81. The lowest BCUT2D eigenvalue weighted by Gasteiger charge is -2.24. The van der Waals surface area contributed by atoms with Gasteiger partial charge in [-0.3, -0.25) is 9.45 Å². The van der Waals surface area contributed by atoms with Crippen LogP contribution in [0.4, 0.5) is 0 Å². The molecule has 0 heterocycles. The van der Waals surface area contributed by atoms with Gasteiger partial charge in [-0.05, 0) is 13.5 Å². The lowest BCUT2D eigenvalue weighted by Crippen LogP contribution is -2.37. The van der Waals surface area contributed by atoms with Crippen LogP contribution in [0.5, 0.6) is 0 Å². The van der Waals surface area contributed by atoms with E-state index >= 15 is 0 Å². The van der Waals surface area contributed by atoms with E-state index in [-0.39, 0.29) is 24.2 Å². The summed E-state index contributed by atoms with van der Waals surface area (Å²) in [6.45, 7) is 7.68. The highest BCUT2D eigenvalue weighted by Gasteiger charge is 2.18. The molecule has 0 saturated heterocycles. The van der Waals surface area contributed by atoms with Gasteiger partial charge < -0.3 is 0 Å². The van der Waals surface area contributed by atoms with Crippen LogP contribution in [0.2, 0.25) is 0 Å². The summed E-state index contributed by atoms with van der Waals surface area (Å²) in [5, 5.41) is 0. The Morgan fingerprint density at radius 1 is 1.40 bits per heavy atom. The van der Waals surface area contributed by atoms with Gasteiger partial charge in [0.25, 0.3) is 10.1 Å². The SMILES string of the molecule is C=CCC(CS(=O)(=O)O)N(C)CC=C.Cl. The summed E-state index contributed by atoms with van der Waals surface area (Å²) in [6.07, 6.45) is 3.83. The maximum Gasteiger partial charge on any atom is 0.266 e. The number of rotatable bonds is 7. The van der Waals surface area contributed by atoms with Gasteiger partial charge in [0.05, 0.1) is 5.75 Å². The molecule has 0 radical (unpaired) electrons. The van der Waals surface area contributed by atoms with Gasteiger partial charge in [-0.15, -0.1) is 25.6 Å². The first-order valence-electron chi connectivity index (χ1n) is 4.28. The summed E-state index contributed by atoms with van der Waals surface area (Å²) in [7, 11) is -2.15. The quantitative estimate of drug-likeness (QED) is 0.551. The number of hydrogen-bond donors (Lipinski definition) is 1. The monoisotopic (exact) mass is 255 g/mol. The number of likely N-dealkylation sites (N-methyl/N-ethyl adjacent to an activating group) is 1. The van der Waals surface area contributed by atoms with Crippen molar-refractivity contribution in [3.8, 4) is 0 Å². The minimum absolute atomic E-state index is 0. The van der Waals surface area contributed by atoms with Crippen molar-refractivity contribution in [3.05, 3.63) is 25.3 Å². The molecule has 0 amide bonds. The normalized spacial score (nSPS) is 13.0. The average Bonchev–Trinajstić information content (AvgIpc) is 2.01. The second-order valence-corrected chi connectivity index (χ2v) is 4.65. The molecule has 0 aliphatic carbocycles. The van der Waals surface area contributed by atoms with Crippen molar-refractivity contribution >= 4 is 22.5 Å². The van der Waals surface area contributed by atoms with Crippen LogP contribution in [-0.4, -0.2) is 43.3 Å². The summed E-state index contributed by atoms with van der Waals surface area (Å²) in [5.41, 5.74) is 0. The van der Waals surface area contributed by atoms with Crippen LogP contribution in [0.1, 0.15) is 6.42 Å². The van der Waals surface area contributed by atoms with E-state index in [9.17, 15) is 8.42 Å². The van der Waals surface area contributed by atoms with Gasteiger partial charge in [0.2, 0.25) is 0 Å². The van der Waals surface area contributed by atoms with Crippen LogP contribution in [0.15, 0.2) is 25.3 Å². The van der Waals surface area contributed by atoms with Crippen LogP contribution >= 0.6 is 12.4 Å². The van der Waals surface area contributed by atoms with Crippen molar-refractivity contribution in [2.45, 2.75) is 12.5 Å². The molecule has 90 valence electrons. The standard InChI is InChI=1S/C9H17NO3S.ClH/c1-4-6-9(8-14(11,12)13)10(3)7-5-2;/h4-5,9H,1-2,6-8H2,3H3,(H,11,12,13);1H. The Labute approximate surface area is 97.8 Å². The fraction of sp³-hybridized carbons (Fsp3) is 0.556. The molecule has 0 spiro atoms. The Morgan fingerprint density at radius 3 is 2.27 bits per heavy atom. The molecule has 0 aromatic heterocycles. The molecule has 15 heavy (non-hydrogen) atoms. The molecule has 4 nitrogen and oxygen atoms in total. The number of halogens is 1. The van der Waals surface area contributed by atoms with Crippen LogP contribution in [0.25, 0.3) is 0 Å². The van der Waals surface area contributed by atoms with Crippen LogP contribution in [0, 0.1) is 0 Å². The smallest absolute Gasteiger partial charge is 0.266 e. The Morgan fingerprint density at radius 2 is 1.93 bits per heavy atom. The molecule has 1 unspecified atom stereocenters. The molecule has 0 aromatic carbocycles. The first kappa shape index (κ1) is 17.0. The predicted octanol–water partition coefficient (Wildman–Crippen LogP) is 1.36. The van der Waals surface area contributed by atoms with E-state index < -0.39 is 10.1 Å². The van der Waals surface area contributed by atoms with E-state index in [0.29, 0.717) is 13.0 Å². The second kappa shape index (κ2) is 7.87. The van der Waals surface area contributed by atoms with Crippen molar-refractivity contribution < 1.29 is 13.0 Å². The lowest BCUT2D eigenvalue weighted by atomic mass is 10.2. The van der Waals surface area contributed by atoms with Gasteiger partial charge >= 0.3 is 0 Å². The molecule has 0 aromatic rings. The third-order valence-electron chi connectivity index (χ3n) is 1.88. The van der Waals surface area contributed by atoms with Gasteiger partial charge in [0.1, 0.15) is 0 Å². The molecule has 0 fully saturated rings. The molecule has 0 saturated carbocycles. The van der Waals surface area contributed by atoms with Crippen molar-refractivity contribution in [1.82, 2.24) is 4.90 Å². The van der Waals surface area contributed by atoms with E-state index in [4.69, 9.17) is 4.55 Å². The first-order chi connectivity index (χ1) is 6.40. The molecule has 1 atom stereocenters. The summed E-state index contributed by atoms with van der Waals surface area (Å²) < 4.78 is 30.1. The molecule has 0 rings (SSSR count). The zero-order chi connectivity index (χ0) is 11.2. The highest BCUT2D eigenvalue weighted by molar-refractivity contribution is 7.85. The average molecular weight is 256 g/mol. The Kier molecular flexibility index (Phi) is 8.95. The number of nitrogens with zero attached hydrogens (tertiary/aromatic N) is 1. The van der Waals surface area contributed by atoms with Crippen molar-refractivity contribution in [3.63, 3.8) is 0 Å². The van der Waals surface area contributed by atoms with Crippen LogP contribution < -0.4 is 0 Å². The minimum atomic E-state index is -3.93. The Bertz CT molecular complexity index is 290. The van der Waals surface area contributed by atoms with Gasteiger partial charge in [-0.1, -0.05) is 12.2 Å². The third-order valence-corrected chi connectivity index (χ3v) is 2.69. The summed E-state index contributed by atoms with van der Waals surface area (Å²) >= 11 is 0. The van der Waals surface area contributed by atoms with E-state index in [0.717, 1.165) is 0 Å². The van der Waals surface area contributed by atoms with E-state index in [1.807, 2.05) is 4.90 Å². The fourth-order valence-corrected chi connectivity index (χ4v) is 2.04. The van der Waals surface area contributed by atoms with Crippen molar-refractivity contribution in [2.24, 2.45) is 0 Å². The molecular weight excluding hydrogens is 238 g/mol. The lowest BCUT2D eigenvalue weighted by molar-refractivity contribution is 0.283. The van der Waals surface area contributed by atoms with E-state index in [1.54, 1.807) is 19.2 Å². The molecule has 1 N–H and O–H groups in total.